The molecule has 4 saturated carbocycles. The molecule has 1 heterocycles. The average Bonchev–Trinajstić information content (AvgIpc) is 3.13. The maximum absolute atomic E-state index is 4.32. The summed E-state index contributed by atoms with van der Waals surface area (Å²) in [5.41, 5.74) is 2.18. The third-order valence-electron chi connectivity index (χ3n) is 7.70. The Morgan fingerprint density at radius 1 is 1.04 bits per heavy atom. The zero-order chi connectivity index (χ0) is 19.4. The minimum absolute atomic E-state index is 0.222. The van der Waals surface area contributed by atoms with Gasteiger partial charge in [-0.25, -0.2) is 4.98 Å². The van der Waals surface area contributed by atoms with Crippen LogP contribution in [0.25, 0.3) is 0 Å². The van der Waals surface area contributed by atoms with E-state index in [1.165, 1.54) is 49.0 Å². The van der Waals surface area contributed by atoms with Gasteiger partial charge in [-0.15, -0.1) is 11.8 Å². The Balaban J connectivity index is 1.42. The predicted octanol–water partition coefficient (Wildman–Crippen LogP) is 6.56. The maximum Gasteiger partial charge on any atom is 0.0946 e. The van der Waals surface area contributed by atoms with Gasteiger partial charge in [0.1, 0.15) is 0 Å². The quantitative estimate of drug-likeness (QED) is 0.535. The van der Waals surface area contributed by atoms with Crippen LogP contribution >= 0.6 is 11.8 Å². The Hall–Kier alpha value is -1.22. The summed E-state index contributed by atoms with van der Waals surface area (Å²) in [5, 5.41) is 0.649. The number of aromatic nitrogens is 2. The standard InChI is InChI=1S/C25H34N2S/c1-24(2,3)21-4-6-22(7-5-21)28-23(16-27-9-8-26-17-27)25-13-18-10-19(14-25)12-20(11-18)15-25/h4-9,17-20,23H,10-16H2,1-3H3. The molecule has 0 spiro atoms. The van der Waals surface area contributed by atoms with Gasteiger partial charge in [-0.3, -0.25) is 0 Å². The van der Waals surface area contributed by atoms with Crippen LogP contribution in [0.3, 0.4) is 0 Å². The minimum Gasteiger partial charge on any atom is -0.336 e. The Morgan fingerprint density at radius 2 is 1.64 bits per heavy atom. The summed E-state index contributed by atoms with van der Waals surface area (Å²) in [4.78, 5) is 5.76. The zero-order valence-corrected chi connectivity index (χ0v) is 18.4. The monoisotopic (exact) mass is 394 g/mol. The normalized spacial score (nSPS) is 32.6. The molecule has 0 aliphatic heterocycles. The molecule has 1 aromatic carbocycles. The van der Waals surface area contributed by atoms with E-state index in [0.717, 1.165) is 24.3 Å². The number of benzene rings is 1. The van der Waals surface area contributed by atoms with E-state index in [4.69, 9.17) is 0 Å². The Kier molecular flexibility index (Phi) is 4.65. The van der Waals surface area contributed by atoms with Gasteiger partial charge in [0, 0.05) is 29.1 Å². The van der Waals surface area contributed by atoms with Crippen molar-refractivity contribution >= 4 is 11.8 Å². The SMILES string of the molecule is CC(C)(C)c1ccc(SC(Cn2ccnc2)C23CC4CC(CC(C4)C2)C3)cc1. The molecule has 4 aliphatic rings. The molecule has 4 bridgehead atoms. The van der Waals surface area contributed by atoms with E-state index in [1.54, 1.807) is 0 Å². The second-order valence-electron chi connectivity index (χ2n) is 10.9. The molecule has 0 amide bonds. The van der Waals surface area contributed by atoms with Crippen LogP contribution in [0.1, 0.15) is 64.9 Å². The van der Waals surface area contributed by atoms with Crippen LogP contribution in [-0.2, 0) is 12.0 Å². The number of imidazole rings is 1. The smallest absolute Gasteiger partial charge is 0.0946 e. The van der Waals surface area contributed by atoms with E-state index in [2.05, 4.69) is 72.5 Å². The van der Waals surface area contributed by atoms with Gasteiger partial charge in [-0.2, -0.15) is 0 Å². The van der Waals surface area contributed by atoms with Crippen molar-refractivity contribution in [3.05, 3.63) is 48.5 Å². The number of thioether (sulfide) groups is 1. The lowest BCUT2D eigenvalue weighted by atomic mass is 9.48. The Bertz CT molecular complexity index is 765. The van der Waals surface area contributed by atoms with Gasteiger partial charge >= 0.3 is 0 Å². The fourth-order valence-electron chi connectivity index (χ4n) is 6.71. The zero-order valence-electron chi connectivity index (χ0n) is 17.6. The molecule has 0 radical (unpaired) electrons. The molecule has 0 N–H and O–H groups in total. The van der Waals surface area contributed by atoms with Gasteiger partial charge in [0.2, 0.25) is 0 Å². The van der Waals surface area contributed by atoms with E-state index in [1.807, 2.05) is 12.5 Å². The minimum atomic E-state index is 0.222. The van der Waals surface area contributed by atoms with E-state index in [9.17, 15) is 0 Å². The van der Waals surface area contributed by atoms with Crippen molar-refractivity contribution in [2.75, 3.05) is 0 Å². The van der Waals surface area contributed by atoms with Gasteiger partial charge in [0.05, 0.1) is 6.33 Å². The summed E-state index contributed by atoms with van der Waals surface area (Å²) in [7, 11) is 0. The molecule has 6 rings (SSSR count). The van der Waals surface area contributed by atoms with E-state index in [-0.39, 0.29) is 5.41 Å². The van der Waals surface area contributed by atoms with Gasteiger partial charge < -0.3 is 4.57 Å². The molecular weight excluding hydrogens is 360 g/mol. The highest BCUT2D eigenvalue weighted by atomic mass is 32.2. The van der Waals surface area contributed by atoms with Gasteiger partial charge in [0.25, 0.3) is 0 Å². The molecule has 4 aliphatic carbocycles. The molecule has 0 saturated heterocycles. The lowest BCUT2D eigenvalue weighted by Crippen LogP contribution is -2.51. The van der Waals surface area contributed by atoms with Crippen molar-refractivity contribution in [1.29, 1.82) is 0 Å². The number of hydrogen-bond donors (Lipinski definition) is 0. The molecule has 150 valence electrons. The number of rotatable bonds is 5. The van der Waals surface area contributed by atoms with Crippen LogP contribution in [0.5, 0.6) is 0 Å². The fourth-order valence-corrected chi connectivity index (χ4v) is 8.12. The summed E-state index contributed by atoms with van der Waals surface area (Å²) in [5.74, 6) is 3.00. The van der Waals surface area contributed by atoms with Crippen LogP contribution in [0.2, 0.25) is 0 Å². The van der Waals surface area contributed by atoms with E-state index >= 15 is 0 Å². The van der Waals surface area contributed by atoms with Crippen LogP contribution in [0.4, 0.5) is 0 Å². The highest BCUT2D eigenvalue weighted by molar-refractivity contribution is 8.00. The molecule has 3 heteroatoms. The van der Waals surface area contributed by atoms with Crippen molar-refractivity contribution in [1.82, 2.24) is 9.55 Å². The maximum atomic E-state index is 4.32. The molecule has 2 aromatic rings. The summed E-state index contributed by atoms with van der Waals surface area (Å²) in [6, 6.07) is 9.42. The Morgan fingerprint density at radius 3 is 2.14 bits per heavy atom. The molecule has 1 aromatic heterocycles. The van der Waals surface area contributed by atoms with Crippen molar-refractivity contribution < 1.29 is 0 Å². The third kappa shape index (κ3) is 3.56. The molecular formula is C25H34N2S. The summed E-state index contributed by atoms with van der Waals surface area (Å²) < 4.78 is 2.32. The lowest BCUT2D eigenvalue weighted by Gasteiger charge is -2.59. The first-order chi connectivity index (χ1) is 13.4. The van der Waals surface area contributed by atoms with E-state index < -0.39 is 0 Å². The summed E-state index contributed by atoms with van der Waals surface area (Å²) in [6.45, 7) is 7.99. The fraction of sp³-hybridized carbons (Fsp3) is 0.640. The van der Waals surface area contributed by atoms with Crippen molar-refractivity contribution in [2.45, 2.75) is 81.4 Å². The first kappa shape index (κ1) is 18.8. The lowest BCUT2D eigenvalue weighted by molar-refractivity contribution is -0.0553. The number of nitrogens with zero attached hydrogens (tertiary/aromatic N) is 2. The van der Waals surface area contributed by atoms with Crippen LogP contribution in [0, 0.1) is 23.2 Å². The molecule has 1 unspecified atom stereocenters. The van der Waals surface area contributed by atoms with Gasteiger partial charge in [0.15, 0.2) is 0 Å². The second kappa shape index (κ2) is 6.93. The van der Waals surface area contributed by atoms with Crippen molar-refractivity contribution in [3.63, 3.8) is 0 Å². The van der Waals surface area contributed by atoms with E-state index in [0.29, 0.717) is 10.7 Å². The topological polar surface area (TPSA) is 17.8 Å². The largest absolute Gasteiger partial charge is 0.336 e. The van der Waals surface area contributed by atoms with Crippen molar-refractivity contribution in [3.8, 4) is 0 Å². The van der Waals surface area contributed by atoms with Crippen molar-refractivity contribution in [2.24, 2.45) is 23.2 Å². The molecule has 2 nitrogen and oxygen atoms in total. The molecule has 28 heavy (non-hydrogen) atoms. The Labute approximate surface area is 174 Å². The third-order valence-corrected chi connectivity index (χ3v) is 9.18. The highest BCUT2D eigenvalue weighted by Crippen LogP contribution is 2.63. The second-order valence-corrected chi connectivity index (χ2v) is 12.2. The van der Waals surface area contributed by atoms with Crippen LogP contribution in [-0.4, -0.2) is 14.8 Å². The van der Waals surface area contributed by atoms with Crippen LogP contribution < -0.4 is 0 Å². The first-order valence-electron chi connectivity index (χ1n) is 11.1. The molecule has 4 fully saturated rings. The summed E-state index contributed by atoms with van der Waals surface area (Å²) in [6.07, 6.45) is 15.0. The van der Waals surface area contributed by atoms with Gasteiger partial charge in [-0.1, -0.05) is 32.9 Å². The van der Waals surface area contributed by atoms with Crippen LogP contribution in [0.15, 0.2) is 47.9 Å². The predicted molar refractivity (Wildman–Crippen MR) is 118 cm³/mol. The number of hydrogen-bond acceptors (Lipinski definition) is 2. The first-order valence-corrected chi connectivity index (χ1v) is 12.0. The van der Waals surface area contributed by atoms with Gasteiger partial charge in [-0.05, 0) is 84.8 Å². The summed E-state index contributed by atoms with van der Waals surface area (Å²) >= 11 is 2.15. The average molecular weight is 395 g/mol. The molecule has 1 atom stereocenters. The highest BCUT2D eigenvalue weighted by Gasteiger charge is 2.54.